The molecule has 0 aliphatic heterocycles. The van der Waals surface area contributed by atoms with Gasteiger partial charge in [-0.25, -0.2) is 4.98 Å². The highest BCUT2D eigenvalue weighted by molar-refractivity contribution is 5.84. The molecule has 0 bridgehead atoms. The number of amides is 1. The summed E-state index contributed by atoms with van der Waals surface area (Å²) in [6, 6.07) is 0. The Hall–Kier alpha value is -1.85. The van der Waals surface area contributed by atoms with Crippen LogP contribution in [0.2, 0.25) is 0 Å². The Labute approximate surface area is 99.4 Å². The number of H-pyrrole nitrogens is 1. The van der Waals surface area contributed by atoms with Crippen LogP contribution in [0.5, 0.6) is 0 Å². The third-order valence-corrected chi connectivity index (χ3v) is 2.77. The zero-order valence-electron chi connectivity index (χ0n) is 9.93. The molecule has 6 nitrogen and oxygen atoms in total. The quantitative estimate of drug-likeness (QED) is 0.670. The van der Waals surface area contributed by atoms with Crippen LogP contribution in [0, 0.1) is 11.8 Å². The number of imidazole rings is 1. The van der Waals surface area contributed by atoms with E-state index in [4.69, 9.17) is 5.11 Å². The molecule has 0 aliphatic rings. The molecular formula is C11H17N3O3. The van der Waals surface area contributed by atoms with Crippen LogP contribution in [0.25, 0.3) is 0 Å². The molecule has 0 aromatic carbocycles. The van der Waals surface area contributed by atoms with Crippen molar-refractivity contribution in [2.45, 2.75) is 20.3 Å². The molecule has 1 aromatic heterocycles. The highest BCUT2D eigenvalue weighted by atomic mass is 16.4. The van der Waals surface area contributed by atoms with Gasteiger partial charge in [-0.1, -0.05) is 13.8 Å². The van der Waals surface area contributed by atoms with Crippen molar-refractivity contribution in [1.82, 2.24) is 15.3 Å². The van der Waals surface area contributed by atoms with Crippen molar-refractivity contribution in [1.29, 1.82) is 0 Å². The summed E-state index contributed by atoms with van der Waals surface area (Å²) in [5, 5.41) is 11.5. The molecule has 0 saturated carbocycles. The van der Waals surface area contributed by atoms with Crippen LogP contribution in [0.1, 0.15) is 19.7 Å². The van der Waals surface area contributed by atoms with E-state index in [1.165, 1.54) is 6.92 Å². The zero-order valence-corrected chi connectivity index (χ0v) is 9.93. The maximum atomic E-state index is 11.6. The van der Waals surface area contributed by atoms with Crippen LogP contribution in [0.15, 0.2) is 12.4 Å². The molecule has 1 amide bonds. The van der Waals surface area contributed by atoms with Crippen LogP contribution in [0.4, 0.5) is 0 Å². The molecule has 94 valence electrons. The number of rotatable bonds is 6. The largest absolute Gasteiger partial charge is 0.481 e. The summed E-state index contributed by atoms with van der Waals surface area (Å²) in [6.07, 6.45) is 3.96. The van der Waals surface area contributed by atoms with Crippen LogP contribution in [0.3, 0.4) is 0 Å². The fourth-order valence-electron chi connectivity index (χ4n) is 1.34. The van der Waals surface area contributed by atoms with Gasteiger partial charge in [-0.15, -0.1) is 0 Å². The van der Waals surface area contributed by atoms with E-state index >= 15 is 0 Å². The van der Waals surface area contributed by atoms with Gasteiger partial charge in [0.25, 0.3) is 0 Å². The van der Waals surface area contributed by atoms with Gasteiger partial charge in [0, 0.05) is 31.3 Å². The van der Waals surface area contributed by atoms with Gasteiger partial charge in [-0.3, -0.25) is 9.59 Å². The summed E-state index contributed by atoms with van der Waals surface area (Å²) in [6.45, 7) is 3.59. The number of nitrogens with one attached hydrogen (secondary N) is 2. The Morgan fingerprint density at radius 2 is 2.18 bits per heavy atom. The van der Waals surface area contributed by atoms with Crippen LogP contribution >= 0.6 is 0 Å². The van der Waals surface area contributed by atoms with Gasteiger partial charge < -0.3 is 15.4 Å². The molecule has 1 rings (SSSR count). The second kappa shape index (κ2) is 6.03. The van der Waals surface area contributed by atoms with Crippen LogP contribution in [-0.4, -0.2) is 33.5 Å². The number of carbonyl (C=O) groups is 2. The minimum Gasteiger partial charge on any atom is -0.481 e. The highest BCUT2D eigenvalue weighted by Gasteiger charge is 2.25. The minimum absolute atomic E-state index is 0.244. The molecule has 0 aliphatic carbocycles. The zero-order chi connectivity index (χ0) is 12.8. The number of carboxylic acids is 1. The van der Waals surface area contributed by atoms with Gasteiger partial charge in [0.1, 0.15) is 5.82 Å². The fraction of sp³-hybridized carbons (Fsp3) is 0.545. The molecule has 0 spiro atoms. The highest BCUT2D eigenvalue weighted by Crippen LogP contribution is 2.10. The van der Waals surface area contributed by atoms with Gasteiger partial charge in [-0.05, 0) is 0 Å². The first-order chi connectivity index (χ1) is 8.02. The Kier molecular flexibility index (Phi) is 4.68. The first-order valence-electron chi connectivity index (χ1n) is 5.51. The molecule has 0 saturated heterocycles. The van der Waals surface area contributed by atoms with Crippen molar-refractivity contribution in [2.75, 3.05) is 6.54 Å². The summed E-state index contributed by atoms with van der Waals surface area (Å²) >= 11 is 0. The summed E-state index contributed by atoms with van der Waals surface area (Å²) in [5.41, 5.74) is 0. The van der Waals surface area contributed by atoms with Crippen LogP contribution < -0.4 is 5.32 Å². The lowest BCUT2D eigenvalue weighted by molar-refractivity contribution is -0.146. The Balaban J connectivity index is 2.32. The van der Waals surface area contributed by atoms with Crippen molar-refractivity contribution in [3.63, 3.8) is 0 Å². The number of hydrogen-bond acceptors (Lipinski definition) is 3. The molecule has 2 atom stereocenters. The Morgan fingerprint density at radius 3 is 2.71 bits per heavy atom. The first kappa shape index (κ1) is 13.2. The third kappa shape index (κ3) is 3.90. The molecule has 1 heterocycles. The van der Waals surface area contributed by atoms with Crippen molar-refractivity contribution in [2.24, 2.45) is 11.8 Å². The Bertz CT molecular complexity index is 375. The molecule has 3 N–H and O–H groups in total. The number of aliphatic carboxylic acids is 1. The number of aromatic nitrogens is 2. The van der Waals surface area contributed by atoms with Gasteiger partial charge >= 0.3 is 5.97 Å². The lowest BCUT2D eigenvalue weighted by Gasteiger charge is -2.15. The fourth-order valence-corrected chi connectivity index (χ4v) is 1.34. The minimum atomic E-state index is -0.960. The van der Waals surface area contributed by atoms with Crippen molar-refractivity contribution < 1.29 is 14.7 Å². The summed E-state index contributed by atoms with van der Waals surface area (Å²) in [5.74, 6) is -1.63. The number of hydrogen-bond donors (Lipinski definition) is 3. The Morgan fingerprint density at radius 1 is 1.47 bits per heavy atom. The van der Waals surface area contributed by atoms with E-state index in [0.717, 1.165) is 5.82 Å². The average molecular weight is 239 g/mol. The monoisotopic (exact) mass is 239 g/mol. The van der Waals surface area contributed by atoms with Crippen molar-refractivity contribution in [3.05, 3.63) is 18.2 Å². The van der Waals surface area contributed by atoms with Crippen LogP contribution in [-0.2, 0) is 16.0 Å². The number of aromatic amines is 1. The van der Waals surface area contributed by atoms with Gasteiger partial charge in [0.15, 0.2) is 0 Å². The van der Waals surface area contributed by atoms with Gasteiger partial charge in [-0.2, -0.15) is 0 Å². The second-order valence-electron chi connectivity index (χ2n) is 3.99. The van der Waals surface area contributed by atoms with Gasteiger partial charge in [0.2, 0.25) is 5.91 Å². The third-order valence-electron chi connectivity index (χ3n) is 2.77. The maximum absolute atomic E-state index is 11.6. The van der Waals surface area contributed by atoms with E-state index in [2.05, 4.69) is 15.3 Å². The number of nitrogens with zero attached hydrogens (tertiary/aromatic N) is 1. The SMILES string of the molecule is CC(C(=O)O)C(C)C(=O)NCCc1ncc[nH]1. The average Bonchev–Trinajstić information content (AvgIpc) is 2.79. The lowest BCUT2D eigenvalue weighted by Crippen LogP contribution is -2.36. The van der Waals surface area contributed by atoms with E-state index in [-0.39, 0.29) is 5.91 Å². The molecule has 6 heteroatoms. The molecule has 0 radical (unpaired) electrons. The topological polar surface area (TPSA) is 95.1 Å². The predicted molar refractivity (Wildman–Crippen MR) is 61.3 cm³/mol. The number of carbonyl (C=O) groups excluding carboxylic acids is 1. The van der Waals surface area contributed by atoms with E-state index < -0.39 is 17.8 Å². The first-order valence-corrected chi connectivity index (χ1v) is 5.51. The molecule has 1 aromatic rings. The van der Waals surface area contributed by atoms with Crippen molar-refractivity contribution in [3.8, 4) is 0 Å². The molecule has 17 heavy (non-hydrogen) atoms. The molecular weight excluding hydrogens is 222 g/mol. The standard InChI is InChI=1S/C11H17N3O3/c1-7(8(2)11(16)17)10(15)14-4-3-9-12-5-6-13-9/h5-8H,3-4H2,1-2H3,(H,12,13)(H,14,15)(H,16,17). The van der Waals surface area contributed by atoms with E-state index in [1.54, 1.807) is 19.3 Å². The predicted octanol–water partition coefficient (Wildman–Crippen LogP) is 0.425. The lowest BCUT2D eigenvalue weighted by atomic mass is 9.95. The molecule has 2 unspecified atom stereocenters. The molecule has 0 fully saturated rings. The smallest absolute Gasteiger partial charge is 0.307 e. The summed E-state index contributed by atoms with van der Waals surface area (Å²) < 4.78 is 0. The summed E-state index contributed by atoms with van der Waals surface area (Å²) in [4.78, 5) is 29.3. The summed E-state index contributed by atoms with van der Waals surface area (Å²) in [7, 11) is 0. The maximum Gasteiger partial charge on any atom is 0.307 e. The number of carboxylic acid groups (broad SMARTS) is 1. The normalized spacial score (nSPS) is 14.0. The van der Waals surface area contributed by atoms with E-state index in [9.17, 15) is 9.59 Å². The second-order valence-corrected chi connectivity index (χ2v) is 3.99. The van der Waals surface area contributed by atoms with E-state index in [1.807, 2.05) is 0 Å². The van der Waals surface area contributed by atoms with E-state index in [0.29, 0.717) is 13.0 Å². The van der Waals surface area contributed by atoms with Crippen molar-refractivity contribution >= 4 is 11.9 Å². The van der Waals surface area contributed by atoms with Gasteiger partial charge in [0.05, 0.1) is 5.92 Å².